The van der Waals surface area contributed by atoms with Crippen molar-refractivity contribution in [3.8, 4) is 17.1 Å². The van der Waals surface area contributed by atoms with Crippen molar-refractivity contribution in [2.24, 2.45) is 0 Å². The van der Waals surface area contributed by atoms with Crippen LogP contribution in [-0.4, -0.2) is 101 Å². The predicted molar refractivity (Wildman–Crippen MR) is 182 cm³/mol. The van der Waals surface area contributed by atoms with Gasteiger partial charge in [0.25, 0.3) is 11.5 Å². The zero-order valence-corrected chi connectivity index (χ0v) is 27.8. The van der Waals surface area contributed by atoms with Gasteiger partial charge in [0.05, 0.1) is 22.5 Å². The molecule has 13 heteroatoms. The van der Waals surface area contributed by atoms with Gasteiger partial charge in [-0.2, -0.15) is 0 Å². The standard InChI is InChI=1S/C34H42N6O6S/c1-4-47(44,45)14-13-39-11-8-24(9-12-39)40-19-23-16-28-29(17-26(23)34(40)43)38-32(37-28)31-27(7-10-35-33(31)42)36-18-25(41)20-46-30-6-5-21(2)15-22(30)3/h5-7,10,15-17,24-25,41H,4,8-9,11-14,18-20H2,1-3H3,(H,37,38)(H2,35,36,42). The lowest BCUT2D eigenvalue weighted by Crippen LogP contribution is -2.46. The summed E-state index contributed by atoms with van der Waals surface area (Å²) in [5, 5.41) is 13.8. The molecule has 0 radical (unpaired) electrons. The molecule has 2 aromatic heterocycles. The fraction of sp³-hybridized carbons (Fsp3) is 0.441. The number of nitrogens with one attached hydrogen (secondary N) is 3. The van der Waals surface area contributed by atoms with Gasteiger partial charge < -0.3 is 34.9 Å². The van der Waals surface area contributed by atoms with E-state index in [0.717, 1.165) is 42.6 Å². The largest absolute Gasteiger partial charge is 0.491 e. The minimum Gasteiger partial charge on any atom is -0.491 e. The summed E-state index contributed by atoms with van der Waals surface area (Å²) in [6.45, 7) is 8.41. The number of rotatable bonds is 12. The molecule has 1 atom stereocenters. The molecule has 4 aromatic rings. The maximum absolute atomic E-state index is 13.5. The summed E-state index contributed by atoms with van der Waals surface area (Å²) in [4.78, 5) is 41.3. The first-order chi connectivity index (χ1) is 22.5. The van der Waals surface area contributed by atoms with Crippen LogP contribution in [0.15, 0.2) is 47.4 Å². The number of aliphatic hydroxyl groups is 1. The Labute approximate surface area is 274 Å². The number of carbonyl (C=O) groups excluding carboxylic acids is 1. The summed E-state index contributed by atoms with van der Waals surface area (Å²) in [6.07, 6.45) is 2.30. The Balaban J connectivity index is 1.11. The average molecular weight is 663 g/mol. The highest BCUT2D eigenvalue weighted by Gasteiger charge is 2.35. The molecule has 4 heterocycles. The van der Waals surface area contributed by atoms with Crippen LogP contribution in [0.2, 0.25) is 0 Å². The molecule has 1 amide bonds. The summed E-state index contributed by atoms with van der Waals surface area (Å²) in [7, 11) is -3.00. The van der Waals surface area contributed by atoms with Gasteiger partial charge in [0, 0.05) is 56.3 Å². The first-order valence-electron chi connectivity index (χ1n) is 16.1. The summed E-state index contributed by atoms with van der Waals surface area (Å²) in [5.74, 6) is 1.37. The molecule has 250 valence electrons. The van der Waals surface area contributed by atoms with E-state index in [0.29, 0.717) is 52.5 Å². The number of aryl methyl sites for hydroxylation is 2. The van der Waals surface area contributed by atoms with Crippen LogP contribution >= 0.6 is 0 Å². The van der Waals surface area contributed by atoms with Crippen molar-refractivity contribution in [3.63, 3.8) is 0 Å². The Morgan fingerprint density at radius 3 is 2.66 bits per heavy atom. The number of carbonyl (C=O) groups is 1. The SMILES string of the molecule is CCS(=O)(=O)CCN1CCC(N2Cc3cc4nc(-c5c(NCC(O)COc6ccc(C)cc6C)cc[nH]c5=O)[nH]c4cc3C2=O)CC1. The summed E-state index contributed by atoms with van der Waals surface area (Å²) < 4.78 is 29.6. The molecule has 0 spiro atoms. The lowest BCUT2D eigenvalue weighted by molar-refractivity contribution is 0.0603. The quantitative estimate of drug-likeness (QED) is 0.179. The van der Waals surface area contributed by atoms with Crippen LogP contribution in [-0.2, 0) is 16.4 Å². The van der Waals surface area contributed by atoms with Crippen molar-refractivity contribution in [1.29, 1.82) is 0 Å². The summed E-state index contributed by atoms with van der Waals surface area (Å²) in [5.41, 5.74) is 5.41. The molecule has 47 heavy (non-hydrogen) atoms. The van der Waals surface area contributed by atoms with Crippen LogP contribution in [0, 0.1) is 13.8 Å². The number of amides is 1. The number of nitrogens with zero attached hydrogens (tertiary/aromatic N) is 3. The first kappa shape index (κ1) is 32.7. The molecule has 0 saturated carbocycles. The maximum atomic E-state index is 13.5. The van der Waals surface area contributed by atoms with Crippen LogP contribution < -0.4 is 15.6 Å². The molecule has 1 saturated heterocycles. The van der Waals surface area contributed by atoms with Gasteiger partial charge in [-0.05, 0) is 62.1 Å². The number of imidazole rings is 1. The number of piperidine rings is 1. The van der Waals surface area contributed by atoms with Crippen LogP contribution in [0.3, 0.4) is 0 Å². The number of aromatic amines is 2. The number of hydrogen-bond acceptors (Lipinski definition) is 9. The number of fused-ring (bicyclic) bond motifs is 2. The molecule has 2 aromatic carbocycles. The van der Waals surface area contributed by atoms with Crippen LogP contribution in [0.5, 0.6) is 5.75 Å². The summed E-state index contributed by atoms with van der Waals surface area (Å²) >= 11 is 0. The third-order valence-electron chi connectivity index (χ3n) is 9.18. The van der Waals surface area contributed by atoms with Gasteiger partial charge in [0.1, 0.15) is 29.8 Å². The lowest BCUT2D eigenvalue weighted by Gasteiger charge is -2.36. The smallest absolute Gasteiger partial charge is 0.261 e. The van der Waals surface area contributed by atoms with Crippen molar-refractivity contribution < 1.29 is 23.1 Å². The Morgan fingerprint density at radius 1 is 1.13 bits per heavy atom. The van der Waals surface area contributed by atoms with Gasteiger partial charge in [-0.25, -0.2) is 13.4 Å². The summed E-state index contributed by atoms with van der Waals surface area (Å²) in [6, 6.07) is 11.4. The van der Waals surface area contributed by atoms with E-state index in [1.54, 1.807) is 13.0 Å². The molecule has 1 fully saturated rings. The van der Waals surface area contributed by atoms with Crippen LogP contribution in [0.1, 0.15) is 46.8 Å². The Bertz CT molecular complexity index is 1950. The first-order valence-corrected chi connectivity index (χ1v) is 17.9. The second kappa shape index (κ2) is 13.5. The average Bonchev–Trinajstić information content (AvgIpc) is 3.61. The number of benzene rings is 2. The number of aliphatic hydroxyl groups excluding tert-OH is 1. The number of aromatic nitrogens is 3. The van der Waals surface area contributed by atoms with E-state index < -0.39 is 15.9 Å². The minimum absolute atomic E-state index is 0.0259. The number of anilines is 1. The molecule has 12 nitrogen and oxygen atoms in total. The second-order valence-electron chi connectivity index (χ2n) is 12.6. The van der Waals surface area contributed by atoms with Crippen molar-refractivity contribution in [2.75, 3.05) is 49.6 Å². The molecule has 6 rings (SSSR count). The molecular weight excluding hydrogens is 620 g/mol. The minimum atomic E-state index is -3.00. The van der Waals surface area contributed by atoms with Crippen LogP contribution in [0.4, 0.5) is 5.69 Å². The number of sulfone groups is 1. The van der Waals surface area contributed by atoms with E-state index in [2.05, 4.69) is 20.2 Å². The molecular formula is C34H42N6O6S. The highest BCUT2D eigenvalue weighted by atomic mass is 32.2. The van der Waals surface area contributed by atoms with E-state index in [1.807, 2.05) is 49.1 Å². The van der Waals surface area contributed by atoms with Crippen molar-refractivity contribution in [2.45, 2.75) is 52.3 Å². The highest BCUT2D eigenvalue weighted by molar-refractivity contribution is 7.91. The monoisotopic (exact) mass is 662 g/mol. The van der Waals surface area contributed by atoms with Crippen LogP contribution in [0.25, 0.3) is 22.4 Å². The van der Waals surface area contributed by atoms with Crippen molar-refractivity contribution >= 4 is 32.5 Å². The second-order valence-corrected chi connectivity index (χ2v) is 15.0. The molecule has 1 unspecified atom stereocenters. The molecule has 0 aliphatic carbocycles. The third kappa shape index (κ3) is 7.21. The van der Waals surface area contributed by atoms with Gasteiger partial charge in [0.15, 0.2) is 9.84 Å². The van der Waals surface area contributed by atoms with Gasteiger partial charge in [-0.3, -0.25) is 9.59 Å². The van der Waals surface area contributed by atoms with E-state index in [4.69, 9.17) is 9.72 Å². The lowest BCUT2D eigenvalue weighted by atomic mass is 10.0. The van der Waals surface area contributed by atoms with E-state index in [-0.39, 0.29) is 42.2 Å². The van der Waals surface area contributed by atoms with Gasteiger partial charge in [0.2, 0.25) is 0 Å². The Kier molecular flexibility index (Phi) is 9.40. The van der Waals surface area contributed by atoms with E-state index >= 15 is 0 Å². The number of pyridine rings is 1. The van der Waals surface area contributed by atoms with Crippen molar-refractivity contribution in [3.05, 3.63) is 75.2 Å². The Morgan fingerprint density at radius 2 is 1.91 bits per heavy atom. The third-order valence-corrected chi connectivity index (χ3v) is 10.9. The zero-order valence-electron chi connectivity index (χ0n) is 27.0. The number of hydrogen-bond donors (Lipinski definition) is 4. The number of H-pyrrole nitrogens is 2. The Hall–Kier alpha value is -4.20. The molecule has 2 aliphatic heterocycles. The van der Waals surface area contributed by atoms with Crippen molar-refractivity contribution in [1.82, 2.24) is 24.8 Å². The molecule has 0 bridgehead atoms. The van der Waals surface area contributed by atoms with E-state index in [1.165, 1.54) is 6.20 Å². The highest BCUT2D eigenvalue weighted by Crippen LogP contribution is 2.33. The maximum Gasteiger partial charge on any atom is 0.261 e. The van der Waals surface area contributed by atoms with Gasteiger partial charge in [-0.15, -0.1) is 0 Å². The fourth-order valence-electron chi connectivity index (χ4n) is 6.42. The molecule has 4 N–H and O–H groups in total. The van der Waals surface area contributed by atoms with Gasteiger partial charge >= 0.3 is 0 Å². The van der Waals surface area contributed by atoms with E-state index in [9.17, 15) is 23.1 Å². The number of likely N-dealkylation sites (tertiary alicyclic amines) is 1. The van der Waals surface area contributed by atoms with Gasteiger partial charge in [-0.1, -0.05) is 24.6 Å². The fourth-order valence-corrected chi connectivity index (χ4v) is 7.24. The predicted octanol–water partition coefficient (Wildman–Crippen LogP) is 3.24. The molecule has 2 aliphatic rings. The number of ether oxygens (including phenoxy) is 1. The topological polar surface area (TPSA) is 161 Å². The normalized spacial score (nSPS) is 16.5. The zero-order chi connectivity index (χ0) is 33.3.